The largest absolute Gasteiger partial charge is 0.455 e. The molecule has 9 heteroatoms. The highest BCUT2D eigenvalue weighted by Gasteiger charge is 2.29. The Hall–Kier alpha value is -3.49. The zero-order valence-electron chi connectivity index (χ0n) is 16.1. The van der Waals surface area contributed by atoms with Gasteiger partial charge in [-0.05, 0) is 37.1 Å². The molecular formula is C21H21F2N3O4. The van der Waals surface area contributed by atoms with Gasteiger partial charge in [-0.1, -0.05) is 24.3 Å². The van der Waals surface area contributed by atoms with E-state index in [2.05, 4.69) is 10.6 Å². The minimum atomic E-state index is -0.921. The molecule has 2 aromatic rings. The van der Waals surface area contributed by atoms with Crippen LogP contribution in [0, 0.1) is 17.6 Å². The molecule has 0 radical (unpaired) electrons. The van der Waals surface area contributed by atoms with Crippen LogP contribution in [0.2, 0.25) is 0 Å². The summed E-state index contributed by atoms with van der Waals surface area (Å²) in [6, 6.07) is 12.0. The number of benzene rings is 2. The first-order chi connectivity index (χ1) is 14.4. The summed E-state index contributed by atoms with van der Waals surface area (Å²) in [6.07, 6.45) is 0.787. The van der Waals surface area contributed by atoms with Crippen molar-refractivity contribution >= 4 is 29.3 Å². The minimum absolute atomic E-state index is 0.251. The zero-order valence-corrected chi connectivity index (χ0v) is 16.1. The van der Waals surface area contributed by atoms with E-state index in [1.54, 1.807) is 17.0 Å². The predicted molar refractivity (Wildman–Crippen MR) is 106 cm³/mol. The lowest BCUT2D eigenvalue weighted by molar-refractivity contribution is -0.152. The van der Waals surface area contributed by atoms with Crippen molar-refractivity contribution in [1.82, 2.24) is 4.90 Å². The molecule has 0 bridgehead atoms. The summed E-state index contributed by atoms with van der Waals surface area (Å²) in [5, 5.41) is 4.84. The average Bonchev–Trinajstić information content (AvgIpc) is 2.75. The van der Waals surface area contributed by atoms with E-state index < -0.39 is 41.7 Å². The number of carbonyl (C=O) groups excluding carboxylic acids is 3. The van der Waals surface area contributed by atoms with Gasteiger partial charge in [-0.25, -0.2) is 13.6 Å². The number of esters is 1. The van der Waals surface area contributed by atoms with Gasteiger partial charge in [-0.3, -0.25) is 9.59 Å². The maximum Gasteiger partial charge on any atom is 0.321 e. The lowest BCUT2D eigenvalue weighted by Gasteiger charge is -2.30. The fourth-order valence-corrected chi connectivity index (χ4v) is 3.09. The van der Waals surface area contributed by atoms with Crippen molar-refractivity contribution in [2.75, 3.05) is 30.3 Å². The number of likely N-dealkylation sites (tertiary alicyclic amines) is 1. The van der Waals surface area contributed by atoms with Gasteiger partial charge in [0.2, 0.25) is 0 Å². The number of hydrogen-bond acceptors (Lipinski definition) is 4. The topological polar surface area (TPSA) is 87.7 Å². The second-order valence-electron chi connectivity index (χ2n) is 6.81. The molecule has 1 saturated heterocycles. The van der Waals surface area contributed by atoms with Crippen LogP contribution in [0.3, 0.4) is 0 Å². The number of piperidine rings is 1. The molecule has 3 amide bonds. The molecule has 1 aliphatic rings. The molecule has 158 valence electrons. The van der Waals surface area contributed by atoms with E-state index in [9.17, 15) is 23.2 Å². The number of carbonyl (C=O) groups is 3. The molecule has 0 atom stereocenters. The average molecular weight is 417 g/mol. The van der Waals surface area contributed by atoms with Crippen LogP contribution in [-0.2, 0) is 14.3 Å². The summed E-state index contributed by atoms with van der Waals surface area (Å²) < 4.78 is 32.1. The van der Waals surface area contributed by atoms with E-state index >= 15 is 0 Å². The molecule has 3 rings (SSSR count). The number of para-hydroxylation sites is 2. The van der Waals surface area contributed by atoms with Crippen LogP contribution in [0.15, 0.2) is 48.5 Å². The molecule has 2 N–H and O–H groups in total. The van der Waals surface area contributed by atoms with Crippen molar-refractivity contribution in [3.05, 3.63) is 60.2 Å². The SMILES string of the molecule is O=C(COC(=O)C1CCN(C(=O)Nc2ccccc2)CC1)Nc1c(F)cccc1F. The normalized spacial score (nSPS) is 14.1. The molecule has 2 aromatic carbocycles. The smallest absolute Gasteiger partial charge is 0.321 e. The Kier molecular flexibility index (Phi) is 6.95. The van der Waals surface area contributed by atoms with Crippen LogP contribution in [-0.4, -0.2) is 42.5 Å². The second-order valence-corrected chi connectivity index (χ2v) is 6.81. The highest BCUT2D eigenvalue weighted by molar-refractivity contribution is 5.93. The summed E-state index contributed by atoms with van der Waals surface area (Å²) in [5.74, 6) is -3.72. The summed E-state index contributed by atoms with van der Waals surface area (Å²) in [7, 11) is 0. The Morgan fingerprint density at radius 1 is 0.933 bits per heavy atom. The Morgan fingerprint density at radius 3 is 2.20 bits per heavy atom. The summed E-state index contributed by atoms with van der Waals surface area (Å²) >= 11 is 0. The van der Waals surface area contributed by atoms with Crippen LogP contribution >= 0.6 is 0 Å². The van der Waals surface area contributed by atoms with Gasteiger partial charge in [0.15, 0.2) is 6.61 Å². The lowest BCUT2D eigenvalue weighted by atomic mass is 9.97. The first-order valence-electron chi connectivity index (χ1n) is 9.45. The Labute approximate surface area is 172 Å². The molecule has 7 nitrogen and oxygen atoms in total. The molecule has 0 aromatic heterocycles. The molecule has 0 saturated carbocycles. The van der Waals surface area contributed by atoms with Crippen molar-refractivity contribution in [1.29, 1.82) is 0 Å². The van der Waals surface area contributed by atoms with E-state index in [0.717, 1.165) is 12.1 Å². The second kappa shape index (κ2) is 9.82. The standard InChI is InChI=1S/C21H21F2N3O4/c22-16-7-4-8-17(23)19(16)25-18(27)13-30-20(28)14-9-11-26(12-10-14)21(29)24-15-5-2-1-3-6-15/h1-8,14H,9-13H2,(H,24,29)(H,25,27). The maximum absolute atomic E-state index is 13.5. The molecule has 1 heterocycles. The lowest BCUT2D eigenvalue weighted by Crippen LogP contribution is -2.43. The van der Waals surface area contributed by atoms with Crippen molar-refractivity contribution in [3.63, 3.8) is 0 Å². The third-order valence-corrected chi connectivity index (χ3v) is 4.71. The van der Waals surface area contributed by atoms with Crippen LogP contribution in [0.1, 0.15) is 12.8 Å². The van der Waals surface area contributed by atoms with Crippen molar-refractivity contribution in [2.24, 2.45) is 5.92 Å². The van der Waals surface area contributed by atoms with Gasteiger partial charge >= 0.3 is 12.0 Å². The fourth-order valence-electron chi connectivity index (χ4n) is 3.09. The number of anilines is 2. The first-order valence-corrected chi connectivity index (χ1v) is 9.45. The summed E-state index contributed by atoms with van der Waals surface area (Å²) in [5.41, 5.74) is 0.0950. The van der Waals surface area contributed by atoms with Gasteiger partial charge < -0.3 is 20.3 Å². The predicted octanol–water partition coefficient (Wildman–Crippen LogP) is 3.39. The van der Waals surface area contributed by atoms with Crippen molar-refractivity contribution < 1.29 is 27.9 Å². The number of amides is 3. The van der Waals surface area contributed by atoms with Gasteiger partial charge in [-0.15, -0.1) is 0 Å². The molecule has 0 aliphatic carbocycles. The third kappa shape index (κ3) is 5.53. The van der Waals surface area contributed by atoms with E-state index in [1.807, 2.05) is 18.2 Å². The number of rotatable bonds is 5. The third-order valence-electron chi connectivity index (χ3n) is 4.71. The molecule has 1 aliphatic heterocycles. The summed E-state index contributed by atoms with van der Waals surface area (Å²) in [6.45, 7) is 0.0808. The van der Waals surface area contributed by atoms with Crippen LogP contribution in [0.4, 0.5) is 25.0 Å². The first kappa shape index (κ1) is 21.2. The minimum Gasteiger partial charge on any atom is -0.455 e. The fraction of sp³-hybridized carbons (Fsp3) is 0.286. The number of ether oxygens (including phenoxy) is 1. The van der Waals surface area contributed by atoms with Gasteiger partial charge in [-0.2, -0.15) is 0 Å². The number of nitrogens with one attached hydrogen (secondary N) is 2. The molecule has 1 fully saturated rings. The number of urea groups is 1. The Balaban J connectivity index is 1.42. The van der Waals surface area contributed by atoms with Gasteiger partial charge in [0.25, 0.3) is 5.91 Å². The van der Waals surface area contributed by atoms with Crippen LogP contribution < -0.4 is 10.6 Å². The van der Waals surface area contributed by atoms with Crippen molar-refractivity contribution in [2.45, 2.75) is 12.8 Å². The maximum atomic E-state index is 13.5. The monoisotopic (exact) mass is 417 g/mol. The highest BCUT2D eigenvalue weighted by Crippen LogP contribution is 2.20. The number of hydrogen-bond donors (Lipinski definition) is 2. The van der Waals surface area contributed by atoms with E-state index in [4.69, 9.17) is 4.74 Å². The van der Waals surface area contributed by atoms with Crippen LogP contribution in [0.25, 0.3) is 0 Å². The van der Waals surface area contributed by atoms with Gasteiger partial charge in [0, 0.05) is 18.8 Å². The molecule has 0 unspecified atom stereocenters. The van der Waals surface area contributed by atoms with E-state index in [-0.39, 0.29) is 6.03 Å². The van der Waals surface area contributed by atoms with Crippen molar-refractivity contribution in [3.8, 4) is 0 Å². The van der Waals surface area contributed by atoms with Crippen LogP contribution in [0.5, 0.6) is 0 Å². The Morgan fingerprint density at radius 2 is 1.57 bits per heavy atom. The zero-order chi connectivity index (χ0) is 21.5. The molecule has 30 heavy (non-hydrogen) atoms. The quantitative estimate of drug-likeness (QED) is 0.730. The highest BCUT2D eigenvalue weighted by atomic mass is 19.1. The van der Waals surface area contributed by atoms with E-state index in [0.29, 0.717) is 31.6 Å². The number of nitrogens with zero attached hydrogens (tertiary/aromatic N) is 1. The van der Waals surface area contributed by atoms with Gasteiger partial charge in [0.05, 0.1) is 5.92 Å². The Bertz CT molecular complexity index is 895. The molecular weight excluding hydrogens is 396 g/mol. The van der Waals surface area contributed by atoms with Gasteiger partial charge in [0.1, 0.15) is 17.3 Å². The van der Waals surface area contributed by atoms with E-state index in [1.165, 1.54) is 6.07 Å². The number of halogens is 2. The molecule has 0 spiro atoms. The summed E-state index contributed by atoms with van der Waals surface area (Å²) in [4.78, 5) is 37.9.